The maximum Gasteiger partial charge on any atom is 0.270 e. The third-order valence-corrected chi connectivity index (χ3v) is 6.31. The largest absolute Gasteiger partial charge is 0.321 e. The van der Waals surface area contributed by atoms with E-state index in [2.05, 4.69) is 5.32 Å². The molecule has 3 aromatic rings. The van der Waals surface area contributed by atoms with Crippen molar-refractivity contribution in [2.75, 3.05) is 16.2 Å². The molecule has 8 nitrogen and oxygen atoms in total. The van der Waals surface area contributed by atoms with Gasteiger partial charge in [0.1, 0.15) is 4.90 Å². The minimum Gasteiger partial charge on any atom is -0.321 e. The molecule has 30 heavy (non-hydrogen) atoms. The van der Waals surface area contributed by atoms with Crippen molar-refractivity contribution in [3.8, 4) is 0 Å². The minimum absolute atomic E-state index is 0.0480. The first-order chi connectivity index (χ1) is 14.3. The van der Waals surface area contributed by atoms with Gasteiger partial charge in [-0.2, -0.15) is 0 Å². The molecule has 0 aliphatic heterocycles. The summed E-state index contributed by atoms with van der Waals surface area (Å²) in [6, 6.07) is 19.9. The number of hydrogen-bond acceptors (Lipinski definition) is 5. The summed E-state index contributed by atoms with van der Waals surface area (Å²) in [5.74, 6) is -0.649. The van der Waals surface area contributed by atoms with Crippen molar-refractivity contribution >= 4 is 33.0 Å². The number of nitrogens with zero attached hydrogens (tertiary/aromatic N) is 2. The molecule has 0 heterocycles. The molecule has 0 saturated carbocycles. The fourth-order valence-corrected chi connectivity index (χ4v) is 4.58. The molecule has 0 aromatic heterocycles. The van der Waals surface area contributed by atoms with Gasteiger partial charge in [0.05, 0.1) is 16.3 Å². The molecule has 1 N–H and O–H groups in total. The van der Waals surface area contributed by atoms with Crippen molar-refractivity contribution in [2.45, 2.75) is 11.8 Å². The highest BCUT2D eigenvalue weighted by Crippen LogP contribution is 2.29. The Morgan fingerprint density at radius 3 is 2.33 bits per heavy atom. The van der Waals surface area contributed by atoms with E-state index in [1.54, 1.807) is 49.4 Å². The van der Waals surface area contributed by atoms with E-state index in [0.29, 0.717) is 5.69 Å². The van der Waals surface area contributed by atoms with E-state index in [4.69, 9.17) is 0 Å². The first-order valence-corrected chi connectivity index (χ1v) is 10.5. The van der Waals surface area contributed by atoms with Crippen LogP contribution in [0.1, 0.15) is 17.3 Å². The maximum atomic E-state index is 13.3. The van der Waals surface area contributed by atoms with Crippen molar-refractivity contribution in [1.82, 2.24) is 0 Å². The normalized spacial score (nSPS) is 11.0. The number of anilines is 2. The lowest BCUT2D eigenvalue weighted by atomic mass is 10.2. The number of carbonyl (C=O) groups excluding carboxylic acids is 1. The molecule has 0 aliphatic rings. The Morgan fingerprint density at radius 1 is 1.00 bits per heavy atom. The molecule has 0 spiro atoms. The number of carbonyl (C=O) groups is 1. The van der Waals surface area contributed by atoms with Crippen molar-refractivity contribution in [1.29, 1.82) is 0 Å². The van der Waals surface area contributed by atoms with E-state index in [9.17, 15) is 23.3 Å². The van der Waals surface area contributed by atoms with Crippen molar-refractivity contribution in [3.63, 3.8) is 0 Å². The van der Waals surface area contributed by atoms with E-state index in [0.717, 1.165) is 6.07 Å². The Balaban J connectivity index is 1.97. The van der Waals surface area contributed by atoms with Gasteiger partial charge in [0.25, 0.3) is 21.6 Å². The Kier molecular flexibility index (Phi) is 6.12. The average molecular weight is 425 g/mol. The summed E-state index contributed by atoms with van der Waals surface area (Å²) < 4.78 is 27.9. The fourth-order valence-electron chi connectivity index (χ4n) is 2.95. The summed E-state index contributed by atoms with van der Waals surface area (Å²) in [4.78, 5) is 22.9. The molecular weight excluding hydrogens is 406 g/mol. The number of benzene rings is 3. The number of sulfonamides is 1. The van der Waals surface area contributed by atoms with Gasteiger partial charge in [0.15, 0.2) is 0 Å². The second-order valence-electron chi connectivity index (χ2n) is 6.26. The van der Waals surface area contributed by atoms with E-state index >= 15 is 0 Å². The molecule has 0 saturated heterocycles. The van der Waals surface area contributed by atoms with Gasteiger partial charge < -0.3 is 5.32 Å². The van der Waals surface area contributed by atoms with Gasteiger partial charge in [-0.15, -0.1) is 0 Å². The minimum atomic E-state index is -3.97. The zero-order valence-electron chi connectivity index (χ0n) is 16.1. The number of nitrogens with one attached hydrogen (secondary N) is 1. The Bertz CT molecular complexity index is 1180. The molecular formula is C21H19N3O5S. The van der Waals surface area contributed by atoms with Crippen molar-refractivity contribution in [3.05, 3.63) is 94.5 Å². The number of nitro benzene ring substituents is 1. The first kappa shape index (κ1) is 21.0. The third-order valence-electron chi connectivity index (χ3n) is 4.35. The molecule has 9 heteroatoms. The van der Waals surface area contributed by atoms with Gasteiger partial charge in [-0.05, 0) is 37.3 Å². The average Bonchev–Trinajstić information content (AvgIpc) is 2.75. The van der Waals surface area contributed by atoms with Crippen LogP contribution >= 0.6 is 0 Å². The van der Waals surface area contributed by atoms with Crippen LogP contribution in [0.4, 0.5) is 17.1 Å². The van der Waals surface area contributed by atoms with Crippen LogP contribution in [0, 0.1) is 10.1 Å². The number of rotatable bonds is 7. The van der Waals surface area contributed by atoms with E-state index < -0.39 is 20.9 Å². The van der Waals surface area contributed by atoms with Crippen LogP contribution in [0.15, 0.2) is 83.8 Å². The molecule has 3 aromatic carbocycles. The molecule has 0 unspecified atom stereocenters. The summed E-state index contributed by atoms with van der Waals surface area (Å²) in [5, 5.41) is 13.5. The molecule has 0 atom stereocenters. The SMILES string of the molecule is CCN(c1ccccc1)S(=O)(=O)c1ccccc1NC(=O)c1cccc([N+](=O)[O-])c1. The lowest BCUT2D eigenvalue weighted by molar-refractivity contribution is -0.384. The van der Waals surface area contributed by atoms with Gasteiger partial charge in [-0.1, -0.05) is 36.4 Å². The van der Waals surface area contributed by atoms with Gasteiger partial charge in [-0.3, -0.25) is 19.2 Å². The lowest BCUT2D eigenvalue weighted by Crippen LogP contribution is -2.31. The van der Waals surface area contributed by atoms with Gasteiger partial charge in [0, 0.05) is 24.2 Å². The summed E-state index contributed by atoms with van der Waals surface area (Å²) in [5.41, 5.74) is 0.403. The van der Waals surface area contributed by atoms with Gasteiger partial charge in [0.2, 0.25) is 0 Å². The predicted molar refractivity (Wildman–Crippen MR) is 114 cm³/mol. The molecule has 1 amide bonds. The lowest BCUT2D eigenvalue weighted by Gasteiger charge is -2.24. The smallest absolute Gasteiger partial charge is 0.270 e. The van der Waals surface area contributed by atoms with Crippen LogP contribution in [0.5, 0.6) is 0 Å². The summed E-state index contributed by atoms with van der Waals surface area (Å²) >= 11 is 0. The number of hydrogen-bond donors (Lipinski definition) is 1. The molecule has 154 valence electrons. The highest BCUT2D eigenvalue weighted by Gasteiger charge is 2.27. The maximum absolute atomic E-state index is 13.3. The van der Waals surface area contributed by atoms with Crippen LogP contribution < -0.4 is 9.62 Å². The number of non-ortho nitro benzene ring substituents is 1. The summed E-state index contributed by atoms with van der Waals surface area (Å²) in [7, 11) is -3.97. The Labute approximate surface area is 174 Å². The zero-order valence-corrected chi connectivity index (χ0v) is 16.9. The molecule has 0 radical (unpaired) electrons. The van der Waals surface area contributed by atoms with E-state index in [1.165, 1.54) is 34.6 Å². The van der Waals surface area contributed by atoms with Crippen LogP contribution in [0.25, 0.3) is 0 Å². The second-order valence-corrected chi connectivity index (χ2v) is 8.09. The molecule has 0 bridgehead atoms. The van der Waals surface area contributed by atoms with Crippen LogP contribution in [-0.2, 0) is 10.0 Å². The Hall–Kier alpha value is -3.72. The monoisotopic (exact) mass is 425 g/mol. The first-order valence-electron chi connectivity index (χ1n) is 9.07. The standard InChI is InChI=1S/C21H19N3O5S/c1-2-23(17-10-4-3-5-11-17)30(28,29)20-14-7-6-13-19(20)22-21(25)16-9-8-12-18(15-16)24(26)27/h3-15H,2H2,1H3,(H,22,25). The van der Waals surface area contributed by atoms with E-state index in [1.807, 2.05) is 0 Å². The highest BCUT2D eigenvalue weighted by molar-refractivity contribution is 7.93. The van der Waals surface area contributed by atoms with Crippen molar-refractivity contribution < 1.29 is 18.1 Å². The topological polar surface area (TPSA) is 110 Å². The fraction of sp³-hybridized carbons (Fsp3) is 0.0952. The van der Waals surface area contributed by atoms with Crippen LogP contribution in [0.2, 0.25) is 0 Å². The quantitative estimate of drug-likeness (QED) is 0.453. The highest BCUT2D eigenvalue weighted by atomic mass is 32.2. The number of nitro groups is 1. The Morgan fingerprint density at radius 2 is 1.67 bits per heavy atom. The zero-order chi connectivity index (χ0) is 21.7. The van der Waals surface area contributed by atoms with E-state index in [-0.39, 0.29) is 28.4 Å². The summed E-state index contributed by atoms with van der Waals surface area (Å²) in [6.07, 6.45) is 0. The van der Waals surface area contributed by atoms with Gasteiger partial charge >= 0.3 is 0 Å². The van der Waals surface area contributed by atoms with Gasteiger partial charge in [-0.25, -0.2) is 8.42 Å². The second kappa shape index (κ2) is 8.75. The predicted octanol–water partition coefficient (Wildman–Crippen LogP) is 4.06. The van der Waals surface area contributed by atoms with Crippen LogP contribution in [0.3, 0.4) is 0 Å². The molecule has 3 rings (SSSR count). The summed E-state index contributed by atoms with van der Waals surface area (Å²) in [6.45, 7) is 1.91. The number of amides is 1. The third kappa shape index (κ3) is 4.31. The number of para-hydroxylation sites is 2. The molecule has 0 fully saturated rings. The van der Waals surface area contributed by atoms with Crippen molar-refractivity contribution in [2.24, 2.45) is 0 Å². The molecule has 0 aliphatic carbocycles. The van der Waals surface area contributed by atoms with Crippen LogP contribution in [-0.4, -0.2) is 25.8 Å².